The number of halogens is 5. The third-order valence-corrected chi connectivity index (χ3v) is 9.30. The van der Waals surface area contributed by atoms with Gasteiger partial charge in [0.2, 0.25) is 21.8 Å². The van der Waals surface area contributed by atoms with Crippen LogP contribution in [0.1, 0.15) is 31.4 Å². The lowest BCUT2D eigenvalue weighted by molar-refractivity contribution is -0.140. The fraction of sp³-hybridized carbons (Fsp3) is 0.310. The third-order valence-electron chi connectivity index (χ3n) is 6.57. The fourth-order valence-corrected chi connectivity index (χ4v) is 6.14. The second kappa shape index (κ2) is 15.0. The Hall–Kier alpha value is -2.20. The van der Waals surface area contributed by atoms with Crippen LogP contribution in [-0.2, 0) is 32.6 Å². The molecule has 0 radical (unpaired) electrons. The van der Waals surface area contributed by atoms with E-state index in [0.717, 1.165) is 16.1 Å². The van der Waals surface area contributed by atoms with Gasteiger partial charge < -0.3 is 10.2 Å². The van der Waals surface area contributed by atoms with Crippen LogP contribution in [-0.4, -0.2) is 50.0 Å². The second-order valence-corrected chi connectivity index (χ2v) is 13.7. The SMILES string of the molecule is CC[C@H](C)NC(=O)[C@@H](Cc1ccccc1)N(Cc1ccc(Cl)cc1Cl)C(=O)CN(c1cc(Cl)c(Cl)cc1Cl)S(C)(=O)=O. The average molecular weight is 694 g/mol. The molecule has 42 heavy (non-hydrogen) atoms. The molecular weight excluding hydrogens is 664 g/mol. The number of carbonyl (C=O) groups is 2. The zero-order valence-electron chi connectivity index (χ0n) is 23.1. The highest BCUT2D eigenvalue weighted by Gasteiger charge is 2.34. The molecule has 2 amide bonds. The average Bonchev–Trinajstić information content (AvgIpc) is 2.92. The summed E-state index contributed by atoms with van der Waals surface area (Å²) < 4.78 is 26.8. The molecule has 0 saturated carbocycles. The molecule has 0 saturated heterocycles. The molecule has 13 heteroatoms. The Morgan fingerprint density at radius 2 is 1.52 bits per heavy atom. The number of nitrogens with zero attached hydrogens (tertiary/aromatic N) is 2. The zero-order valence-corrected chi connectivity index (χ0v) is 27.7. The maximum absolute atomic E-state index is 14.2. The minimum atomic E-state index is -4.06. The van der Waals surface area contributed by atoms with Crippen LogP contribution in [0.5, 0.6) is 0 Å². The summed E-state index contributed by atoms with van der Waals surface area (Å²) in [6, 6.07) is 15.4. The smallest absolute Gasteiger partial charge is 0.244 e. The van der Waals surface area contributed by atoms with Crippen LogP contribution in [0, 0.1) is 0 Å². The first kappa shape index (κ1) is 34.3. The van der Waals surface area contributed by atoms with E-state index in [0.29, 0.717) is 17.0 Å². The largest absolute Gasteiger partial charge is 0.352 e. The highest BCUT2D eigenvalue weighted by atomic mass is 35.5. The maximum Gasteiger partial charge on any atom is 0.244 e. The van der Waals surface area contributed by atoms with Gasteiger partial charge in [-0.3, -0.25) is 13.9 Å². The second-order valence-electron chi connectivity index (χ2n) is 9.77. The quantitative estimate of drug-likeness (QED) is 0.202. The van der Waals surface area contributed by atoms with Crippen molar-refractivity contribution < 1.29 is 18.0 Å². The lowest BCUT2D eigenvalue weighted by Crippen LogP contribution is -2.54. The molecular formula is C29H30Cl5N3O4S. The van der Waals surface area contributed by atoms with Gasteiger partial charge in [-0.05, 0) is 48.7 Å². The van der Waals surface area contributed by atoms with Crippen LogP contribution < -0.4 is 9.62 Å². The van der Waals surface area contributed by atoms with Crippen molar-refractivity contribution in [1.29, 1.82) is 0 Å². The summed E-state index contributed by atoms with van der Waals surface area (Å²) >= 11 is 31.2. The van der Waals surface area contributed by atoms with Crippen molar-refractivity contribution in [3.8, 4) is 0 Å². The van der Waals surface area contributed by atoms with Gasteiger partial charge >= 0.3 is 0 Å². The number of rotatable bonds is 12. The molecule has 3 aromatic rings. The van der Waals surface area contributed by atoms with Crippen molar-refractivity contribution in [2.75, 3.05) is 17.1 Å². The van der Waals surface area contributed by atoms with E-state index in [1.54, 1.807) is 12.1 Å². The van der Waals surface area contributed by atoms with Gasteiger partial charge in [-0.15, -0.1) is 0 Å². The van der Waals surface area contributed by atoms with Crippen molar-refractivity contribution >= 4 is 85.5 Å². The number of benzene rings is 3. The summed E-state index contributed by atoms with van der Waals surface area (Å²) in [5.74, 6) is -1.07. The van der Waals surface area contributed by atoms with Crippen molar-refractivity contribution in [2.45, 2.75) is 45.3 Å². The van der Waals surface area contributed by atoms with E-state index in [1.165, 1.54) is 23.1 Å². The number of amides is 2. The van der Waals surface area contributed by atoms with Gasteiger partial charge in [-0.1, -0.05) is 101 Å². The van der Waals surface area contributed by atoms with Crippen LogP contribution in [0.2, 0.25) is 25.1 Å². The first-order chi connectivity index (χ1) is 19.7. The van der Waals surface area contributed by atoms with E-state index in [1.807, 2.05) is 44.2 Å². The van der Waals surface area contributed by atoms with Crippen molar-refractivity contribution in [1.82, 2.24) is 10.2 Å². The fourth-order valence-electron chi connectivity index (χ4n) is 4.13. The minimum Gasteiger partial charge on any atom is -0.352 e. The first-order valence-corrected chi connectivity index (χ1v) is 16.6. The number of carbonyl (C=O) groups excluding carboxylic acids is 2. The molecule has 7 nitrogen and oxygen atoms in total. The molecule has 0 aliphatic heterocycles. The summed E-state index contributed by atoms with van der Waals surface area (Å²) in [5, 5.41) is 3.79. The van der Waals surface area contributed by atoms with E-state index < -0.39 is 34.4 Å². The van der Waals surface area contributed by atoms with Crippen molar-refractivity contribution in [3.05, 3.63) is 96.9 Å². The maximum atomic E-state index is 14.2. The van der Waals surface area contributed by atoms with E-state index in [9.17, 15) is 18.0 Å². The monoisotopic (exact) mass is 691 g/mol. The summed E-state index contributed by atoms with van der Waals surface area (Å²) in [6.07, 6.45) is 1.77. The number of sulfonamides is 1. The molecule has 3 rings (SSSR count). The number of hydrogen-bond acceptors (Lipinski definition) is 4. The number of anilines is 1. The third kappa shape index (κ3) is 9.15. The Balaban J connectivity index is 2.13. The van der Waals surface area contributed by atoms with E-state index >= 15 is 0 Å². The van der Waals surface area contributed by atoms with Gasteiger partial charge in [-0.2, -0.15) is 0 Å². The van der Waals surface area contributed by atoms with Gasteiger partial charge in [0.15, 0.2) is 0 Å². The Morgan fingerprint density at radius 1 is 0.881 bits per heavy atom. The van der Waals surface area contributed by atoms with Crippen molar-refractivity contribution in [2.24, 2.45) is 0 Å². The van der Waals surface area contributed by atoms with Crippen molar-refractivity contribution in [3.63, 3.8) is 0 Å². The summed E-state index contributed by atoms with van der Waals surface area (Å²) in [7, 11) is -4.06. The van der Waals surface area contributed by atoms with Crippen LogP contribution in [0.25, 0.3) is 0 Å². The molecule has 0 aliphatic carbocycles. The Labute approximate surface area is 271 Å². The van der Waals surface area contributed by atoms with Gasteiger partial charge in [0, 0.05) is 29.1 Å². The molecule has 0 aromatic heterocycles. The Morgan fingerprint density at radius 3 is 2.12 bits per heavy atom. The van der Waals surface area contributed by atoms with Crippen LogP contribution in [0.15, 0.2) is 60.7 Å². The Kier molecular flexibility index (Phi) is 12.2. The number of hydrogen-bond donors (Lipinski definition) is 1. The molecule has 2 atom stereocenters. The highest BCUT2D eigenvalue weighted by Crippen LogP contribution is 2.36. The normalized spacial score (nSPS) is 12.9. The van der Waals surface area contributed by atoms with Gasteiger partial charge in [0.1, 0.15) is 12.6 Å². The molecule has 0 fully saturated rings. The van der Waals surface area contributed by atoms with Gasteiger partial charge in [0.05, 0.1) is 27.0 Å². The predicted octanol–water partition coefficient (Wildman–Crippen LogP) is 7.27. The van der Waals surface area contributed by atoms with E-state index in [4.69, 9.17) is 58.0 Å². The molecule has 0 heterocycles. The molecule has 0 unspecified atom stereocenters. The summed E-state index contributed by atoms with van der Waals surface area (Å²) in [4.78, 5) is 29.2. The number of nitrogens with one attached hydrogen (secondary N) is 1. The predicted molar refractivity (Wildman–Crippen MR) is 173 cm³/mol. The van der Waals surface area contributed by atoms with Crippen LogP contribution in [0.3, 0.4) is 0 Å². The Bertz CT molecular complexity index is 1540. The van der Waals surface area contributed by atoms with Gasteiger partial charge in [-0.25, -0.2) is 8.42 Å². The molecule has 226 valence electrons. The van der Waals surface area contributed by atoms with E-state index in [2.05, 4.69) is 5.32 Å². The van der Waals surface area contributed by atoms with Gasteiger partial charge in [0.25, 0.3) is 0 Å². The lowest BCUT2D eigenvalue weighted by Gasteiger charge is -2.34. The molecule has 0 spiro atoms. The molecule has 1 N–H and O–H groups in total. The summed E-state index contributed by atoms with van der Waals surface area (Å²) in [5.41, 5.74) is 1.28. The standard InChI is InChI=1S/C29H30Cl5N3O4S/c1-4-18(2)35-29(39)27(12-19-8-6-5-7-9-19)36(16-20-10-11-21(30)13-22(20)31)28(38)17-37(42(3,40)41)26-15-24(33)23(32)14-25(26)34/h5-11,13-15,18,27H,4,12,16-17H2,1-3H3,(H,35,39)/t18-,27+/m0/s1. The molecule has 3 aromatic carbocycles. The van der Waals surface area contributed by atoms with E-state index in [-0.39, 0.29) is 44.8 Å². The molecule has 0 bridgehead atoms. The van der Waals surface area contributed by atoms with Crippen LogP contribution >= 0.6 is 58.0 Å². The topological polar surface area (TPSA) is 86.8 Å². The first-order valence-electron chi connectivity index (χ1n) is 12.9. The minimum absolute atomic E-state index is 0.0229. The lowest BCUT2D eigenvalue weighted by atomic mass is 10.0. The zero-order chi connectivity index (χ0) is 31.2. The van der Waals surface area contributed by atoms with Crippen LogP contribution in [0.4, 0.5) is 5.69 Å². The highest BCUT2D eigenvalue weighted by molar-refractivity contribution is 7.92. The summed E-state index contributed by atoms with van der Waals surface area (Å²) in [6.45, 7) is 3.01. The molecule has 0 aliphatic rings.